The highest BCUT2D eigenvalue weighted by atomic mass is 19.1. The van der Waals surface area contributed by atoms with E-state index in [-0.39, 0.29) is 5.82 Å². The van der Waals surface area contributed by atoms with Gasteiger partial charge in [0.1, 0.15) is 11.7 Å². The Hall–Kier alpha value is -2.21. The van der Waals surface area contributed by atoms with Crippen LogP contribution in [-0.4, -0.2) is 4.98 Å². The molecule has 0 aliphatic carbocycles. The molecule has 1 atom stereocenters. The minimum atomic E-state index is -0.517. The van der Waals surface area contributed by atoms with Crippen molar-refractivity contribution in [2.45, 2.75) is 5.92 Å². The van der Waals surface area contributed by atoms with Crippen molar-refractivity contribution in [2.75, 3.05) is 0 Å². The third-order valence-electron chi connectivity index (χ3n) is 2.29. The molecule has 2 nitrogen and oxygen atoms in total. The molecular formula is C13H9FN2. The quantitative estimate of drug-likeness (QED) is 0.767. The molecular weight excluding hydrogens is 203 g/mol. The molecule has 0 saturated carbocycles. The number of hydrogen-bond donors (Lipinski definition) is 0. The maximum absolute atomic E-state index is 13.0. The van der Waals surface area contributed by atoms with E-state index in [1.54, 1.807) is 30.5 Å². The van der Waals surface area contributed by atoms with Gasteiger partial charge in [-0.2, -0.15) is 5.26 Å². The van der Waals surface area contributed by atoms with Gasteiger partial charge in [-0.1, -0.05) is 18.2 Å². The normalized spacial score (nSPS) is 11.8. The molecule has 78 valence electrons. The fourth-order valence-electron chi connectivity index (χ4n) is 1.54. The van der Waals surface area contributed by atoms with Gasteiger partial charge in [-0.25, -0.2) is 4.39 Å². The van der Waals surface area contributed by atoms with Gasteiger partial charge in [0.25, 0.3) is 0 Å². The molecule has 0 bridgehead atoms. The summed E-state index contributed by atoms with van der Waals surface area (Å²) in [5.41, 5.74) is 1.26. The molecule has 0 radical (unpaired) electrons. The summed E-state index contributed by atoms with van der Waals surface area (Å²) in [6, 6.07) is 13.5. The molecule has 0 fully saturated rings. The smallest absolute Gasteiger partial charge is 0.123 e. The van der Waals surface area contributed by atoms with Gasteiger partial charge < -0.3 is 0 Å². The van der Waals surface area contributed by atoms with Crippen molar-refractivity contribution >= 4 is 0 Å². The minimum Gasteiger partial charge on any atom is -0.260 e. The number of nitriles is 1. The predicted molar refractivity (Wildman–Crippen MR) is 58.1 cm³/mol. The summed E-state index contributed by atoms with van der Waals surface area (Å²) in [5, 5.41) is 9.11. The molecule has 1 unspecified atom stereocenters. The van der Waals surface area contributed by atoms with Crippen molar-refractivity contribution in [2.24, 2.45) is 0 Å². The Morgan fingerprint density at radius 2 is 2.06 bits per heavy atom. The summed E-state index contributed by atoms with van der Waals surface area (Å²) in [7, 11) is 0. The third-order valence-corrected chi connectivity index (χ3v) is 2.29. The lowest BCUT2D eigenvalue weighted by Crippen LogP contribution is -2.00. The lowest BCUT2D eigenvalue weighted by Gasteiger charge is -2.08. The fourth-order valence-corrected chi connectivity index (χ4v) is 1.54. The highest BCUT2D eigenvalue weighted by Gasteiger charge is 2.14. The summed E-state index contributed by atoms with van der Waals surface area (Å²) in [6.45, 7) is 0. The molecule has 3 heteroatoms. The van der Waals surface area contributed by atoms with Gasteiger partial charge >= 0.3 is 0 Å². The first-order valence-electron chi connectivity index (χ1n) is 4.87. The molecule has 1 heterocycles. The van der Waals surface area contributed by atoms with Crippen molar-refractivity contribution < 1.29 is 4.39 Å². The number of hydrogen-bond acceptors (Lipinski definition) is 2. The average molecular weight is 212 g/mol. The summed E-state index contributed by atoms with van der Waals surface area (Å²) < 4.78 is 13.0. The summed E-state index contributed by atoms with van der Waals surface area (Å²) in [5.74, 6) is -0.856. The largest absolute Gasteiger partial charge is 0.260 e. The van der Waals surface area contributed by atoms with Crippen LogP contribution < -0.4 is 0 Å². The van der Waals surface area contributed by atoms with Crippen LogP contribution in [0.1, 0.15) is 17.2 Å². The van der Waals surface area contributed by atoms with E-state index in [1.165, 1.54) is 12.1 Å². The van der Waals surface area contributed by atoms with Crippen molar-refractivity contribution in [1.29, 1.82) is 5.26 Å². The number of aromatic nitrogens is 1. The number of halogens is 1. The summed E-state index contributed by atoms with van der Waals surface area (Å²) in [4.78, 5) is 4.11. The standard InChI is InChI=1S/C13H9FN2/c14-11-5-3-4-10(8-11)12(9-15)13-6-1-2-7-16-13/h1-8,12H. The van der Waals surface area contributed by atoms with Crippen LogP contribution in [0.15, 0.2) is 48.7 Å². The number of benzene rings is 1. The van der Waals surface area contributed by atoms with Gasteiger partial charge in [-0.15, -0.1) is 0 Å². The molecule has 2 aromatic rings. The van der Waals surface area contributed by atoms with Gasteiger partial charge in [-0.3, -0.25) is 4.98 Å². The molecule has 1 aromatic carbocycles. The molecule has 16 heavy (non-hydrogen) atoms. The van der Waals surface area contributed by atoms with Crippen LogP contribution in [0.5, 0.6) is 0 Å². The van der Waals surface area contributed by atoms with E-state index in [0.717, 1.165) is 0 Å². The van der Waals surface area contributed by atoms with Gasteiger partial charge in [0.05, 0.1) is 11.8 Å². The zero-order valence-corrected chi connectivity index (χ0v) is 8.47. The van der Waals surface area contributed by atoms with E-state index in [4.69, 9.17) is 5.26 Å². The lowest BCUT2D eigenvalue weighted by atomic mass is 9.97. The van der Waals surface area contributed by atoms with Gasteiger partial charge in [0.15, 0.2) is 0 Å². The van der Waals surface area contributed by atoms with Crippen molar-refractivity contribution in [1.82, 2.24) is 4.98 Å². The molecule has 0 aliphatic heterocycles. The second-order valence-corrected chi connectivity index (χ2v) is 3.37. The van der Waals surface area contributed by atoms with Crippen LogP contribution in [0, 0.1) is 17.1 Å². The van der Waals surface area contributed by atoms with E-state index in [2.05, 4.69) is 11.1 Å². The number of rotatable bonds is 2. The minimum absolute atomic E-state index is 0.339. The Morgan fingerprint density at radius 1 is 1.19 bits per heavy atom. The molecule has 0 aliphatic rings. The predicted octanol–water partition coefficient (Wildman–Crippen LogP) is 2.88. The Kier molecular flexibility index (Phi) is 2.93. The Bertz CT molecular complexity index is 517. The average Bonchev–Trinajstić information content (AvgIpc) is 2.31. The number of nitrogens with zero attached hydrogens (tertiary/aromatic N) is 2. The molecule has 0 saturated heterocycles. The second-order valence-electron chi connectivity index (χ2n) is 3.37. The van der Waals surface area contributed by atoms with Crippen LogP contribution in [0.3, 0.4) is 0 Å². The molecule has 0 N–H and O–H groups in total. The molecule has 2 rings (SSSR count). The monoisotopic (exact) mass is 212 g/mol. The SMILES string of the molecule is N#CC(c1cccc(F)c1)c1ccccn1. The van der Waals surface area contributed by atoms with Crippen LogP contribution in [-0.2, 0) is 0 Å². The molecule has 0 amide bonds. The van der Waals surface area contributed by atoms with Gasteiger partial charge in [-0.05, 0) is 29.8 Å². The zero-order chi connectivity index (χ0) is 11.4. The molecule has 1 aromatic heterocycles. The van der Waals surface area contributed by atoms with E-state index in [0.29, 0.717) is 11.3 Å². The number of pyridine rings is 1. The summed E-state index contributed by atoms with van der Waals surface area (Å²) in [6.07, 6.45) is 1.62. The summed E-state index contributed by atoms with van der Waals surface area (Å²) >= 11 is 0. The van der Waals surface area contributed by atoms with Crippen LogP contribution >= 0.6 is 0 Å². The Morgan fingerprint density at radius 3 is 2.69 bits per heavy atom. The van der Waals surface area contributed by atoms with E-state index in [9.17, 15) is 4.39 Å². The van der Waals surface area contributed by atoms with Gasteiger partial charge in [0.2, 0.25) is 0 Å². The zero-order valence-electron chi connectivity index (χ0n) is 8.47. The molecule has 0 spiro atoms. The van der Waals surface area contributed by atoms with E-state index in [1.807, 2.05) is 6.07 Å². The van der Waals surface area contributed by atoms with Crippen LogP contribution in [0.2, 0.25) is 0 Å². The second kappa shape index (κ2) is 4.54. The van der Waals surface area contributed by atoms with Crippen molar-refractivity contribution in [3.05, 3.63) is 65.7 Å². The third kappa shape index (κ3) is 2.06. The fraction of sp³-hybridized carbons (Fsp3) is 0.0769. The van der Waals surface area contributed by atoms with Crippen LogP contribution in [0.4, 0.5) is 4.39 Å². The van der Waals surface area contributed by atoms with Crippen molar-refractivity contribution in [3.8, 4) is 6.07 Å². The maximum atomic E-state index is 13.0. The van der Waals surface area contributed by atoms with Crippen molar-refractivity contribution in [3.63, 3.8) is 0 Å². The van der Waals surface area contributed by atoms with E-state index < -0.39 is 5.92 Å². The Labute approximate surface area is 93.0 Å². The first kappa shape index (κ1) is 10.3. The van der Waals surface area contributed by atoms with Gasteiger partial charge in [0, 0.05) is 6.20 Å². The topological polar surface area (TPSA) is 36.7 Å². The Balaban J connectivity index is 2.42. The maximum Gasteiger partial charge on any atom is 0.123 e. The van der Waals surface area contributed by atoms with E-state index >= 15 is 0 Å². The first-order valence-corrected chi connectivity index (χ1v) is 4.87. The highest BCUT2D eigenvalue weighted by Crippen LogP contribution is 2.22. The highest BCUT2D eigenvalue weighted by molar-refractivity contribution is 5.34. The lowest BCUT2D eigenvalue weighted by molar-refractivity contribution is 0.625. The van der Waals surface area contributed by atoms with Crippen LogP contribution in [0.25, 0.3) is 0 Å². The first-order chi connectivity index (χ1) is 7.81.